The Morgan fingerprint density at radius 3 is 1.96 bits per heavy atom. The molecule has 0 aliphatic carbocycles. The molecule has 1 atom stereocenters. The van der Waals surface area contributed by atoms with Crippen molar-refractivity contribution in [2.24, 2.45) is 0 Å². The van der Waals surface area contributed by atoms with Gasteiger partial charge in [-0.25, -0.2) is 0 Å². The molecule has 0 bridgehead atoms. The lowest BCUT2D eigenvalue weighted by molar-refractivity contribution is -0.206. The van der Waals surface area contributed by atoms with Gasteiger partial charge in [0.15, 0.2) is 6.10 Å². The van der Waals surface area contributed by atoms with Gasteiger partial charge in [0, 0.05) is 0 Å². The van der Waals surface area contributed by atoms with Crippen molar-refractivity contribution in [3.05, 3.63) is 54.1 Å². The topological polar surface area (TPSA) is 29.5 Å². The minimum Gasteiger partial charge on any atom is -0.494 e. The summed E-state index contributed by atoms with van der Waals surface area (Å²) in [7, 11) is 0. The van der Waals surface area contributed by atoms with Crippen LogP contribution in [0.25, 0.3) is 11.1 Å². The molecule has 5 heteroatoms. The van der Waals surface area contributed by atoms with Gasteiger partial charge in [0.1, 0.15) is 5.75 Å². The molecule has 0 fully saturated rings. The molecule has 130 valence electrons. The van der Waals surface area contributed by atoms with Crippen molar-refractivity contribution in [1.82, 2.24) is 0 Å². The first-order valence-electron chi connectivity index (χ1n) is 8.00. The van der Waals surface area contributed by atoms with Crippen LogP contribution in [0.15, 0.2) is 48.5 Å². The Morgan fingerprint density at radius 2 is 1.46 bits per heavy atom. The van der Waals surface area contributed by atoms with E-state index >= 15 is 0 Å². The molecular formula is C19H21F3O2. The van der Waals surface area contributed by atoms with Gasteiger partial charge in [-0.15, -0.1) is 0 Å². The minimum absolute atomic E-state index is 0.165. The zero-order valence-electron chi connectivity index (χ0n) is 13.5. The van der Waals surface area contributed by atoms with Gasteiger partial charge >= 0.3 is 6.18 Å². The third-order valence-corrected chi connectivity index (χ3v) is 3.74. The lowest BCUT2D eigenvalue weighted by Crippen LogP contribution is -2.19. The van der Waals surface area contributed by atoms with E-state index < -0.39 is 12.3 Å². The van der Waals surface area contributed by atoms with Crippen LogP contribution in [0.5, 0.6) is 5.75 Å². The molecule has 2 rings (SSSR count). The zero-order chi connectivity index (χ0) is 17.6. The quantitative estimate of drug-likeness (QED) is 0.674. The van der Waals surface area contributed by atoms with Crippen molar-refractivity contribution in [1.29, 1.82) is 0 Å². The maximum absolute atomic E-state index is 12.5. The average Bonchev–Trinajstić information content (AvgIpc) is 2.58. The largest absolute Gasteiger partial charge is 0.494 e. The first kappa shape index (κ1) is 18.3. The normalized spacial score (nSPS) is 12.9. The molecule has 2 aromatic carbocycles. The molecule has 0 saturated carbocycles. The van der Waals surface area contributed by atoms with E-state index in [1.807, 2.05) is 24.3 Å². The van der Waals surface area contributed by atoms with Gasteiger partial charge in [0.2, 0.25) is 0 Å². The van der Waals surface area contributed by atoms with Crippen LogP contribution < -0.4 is 4.74 Å². The molecule has 0 aliphatic rings. The van der Waals surface area contributed by atoms with Crippen molar-refractivity contribution in [2.75, 3.05) is 6.61 Å². The number of unbranched alkanes of at least 4 members (excludes halogenated alkanes) is 2. The summed E-state index contributed by atoms with van der Waals surface area (Å²) in [5.41, 5.74) is 1.50. The summed E-state index contributed by atoms with van der Waals surface area (Å²) in [6.07, 6.45) is -3.82. The van der Waals surface area contributed by atoms with Gasteiger partial charge in [-0.05, 0) is 35.2 Å². The van der Waals surface area contributed by atoms with E-state index in [-0.39, 0.29) is 5.56 Å². The van der Waals surface area contributed by atoms with Crippen LogP contribution in [0.2, 0.25) is 0 Å². The molecule has 0 saturated heterocycles. The van der Waals surface area contributed by atoms with Crippen LogP contribution in [0.4, 0.5) is 13.2 Å². The third-order valence-electron chi connectivity index (χ3n) is 3.74. The highest BCUT2D eigenvalue weighted by Crippen LogP contribution is 2.33. The van der Waals surface area contributed by atoms with Gasteiger partial charge in [0.25, 0.3) is 0 Å². The number of hydrogen-bond donors (Lipinski definition) is 1. The first-order valence-corrected chi connectivity index (χ1v) is 8.00. The molecule has 0 radical (unpaired) electrons. The Kier molecular flexibility index (Phi) is 6.26. The van der Waals surface area contributed by atoms with E-state index in [4.69, 9.17) is 4.74 Å². The number of aliphatic hydroxyl groups is 1. The smallest absolute Gasteiger partial charge is 0.418 e. The lowest BCUT2D eigenvalue weighted by Gasteiger charge is -2.15. The van der Waals surface area contributed by atoms with Crippen molar-refractivity contribution in [3.8, 4) is 16.9 Å². The fourth-order valence-corrected chi connectivity index (χ4v) is 2.33. The third kappa shape index (κ3) is 4.99. The number of aliphatic hydroxyl groups excluding tert-OH is 1. The second kappa shape index (κ2) is 8.20. The van der Waals surface area contributed by atoms with E-state index in [0.717, 1.165) is 36.1 Å². The van der Waals surface area contributed by atoms with E-state index in [2.05, 4.69) is 6.92 Å². The predicted molar refractivity (Wildman–Crippen MR) is 87.9 cm³/mol. The predicted octanol–water partition coefficient (Wildman–Crippen LogP) is 5.52. The van der Waals surface area contributed by atoms with Crippen molar-refractivity contribution in [2.45, 2.75) is 38.5 Å². The summed E-state index contributed by atoms with van der Waals surface area (Å²) in [5.74, 6) is 0.777. The Labute approximate surface area is 139 Å². The summed E-state index contributed by atoms with van der Waals surface area (Å²) >= 11 is 0. The second-order valence-corrected chi connectivity index (χ2v) is 5.65. The van der Waals surface area contributed by atoms with Gasteiger partial charge in [0.05, 0.1) is 6.61 Å². The SMILES string of the molecule is CCCCCOc1ccc(-c2ccc(C(O)C(F)(F)F)cc2)cc1. The molecule has 0 aliphatic heterocycles. The Bertz CT molecular complexity index is 619. The summed E-state index contributed by atoms with van der Waals surface area (Å²) in [6.45, 7) is 2.81. The fraction of sp³-hybridized carbons (Fsp3) is 0.368. The molecular weight excluding hydrogens is 317 g/mol. The highest BCUT2D eigenvalue weighted by Gasteiger charge is 2.39. The van der Waals surface area contributed by atoms with Crippen LogP contribution in [-0.4, -0.2) is 17.9 Å². The fourth-order valence-electron chi connectivity index (χ4n) is 2.33. The lowest BCUT2D eigenvalue weighted by atomic mass is 10.0. The molecule has 0 aromatic heterocycles. The van der Waals surface area contributed by atoms with E-state index in [1.54, 1.807) is 12.1 Å². The molecule has 1 N–H and O–H groups in total. The Balaban J connectivity index is 2.01. The van der Waals surface area contributed by atoms with Crippen molar-refractivity contribution >= 4 is 0 Å². The van der Waals surface area contributed by atoms with Gasteiger partial charge in [-0.2, -0.15) is 13.2 Å². The van der Waals surface area contributed by atoms with Crippen molar-refractivity contribution < 1.29 is 23.0 Å². The van der Waals surface area contributed by atoms with Crippen LogP contribution >= 0.6 is 0 Å². The number of ether oxygens (including phenoxy) is 1. The van der Waals surface area contributed by atoms with E-state index in [0.29, 0.717) is 6.61 Å². The summed E-state index contributed by atoms with van der Waals surface area (Å²) in [4.78, 5) is 0. The van der Waals surface area contributed by atoms with Gasteiger partial charge in [-0.1, -0.05) is 56.2 Å². The maximum atomic E-state index is 12.5. The molecule has 0 heterocycles. The maximum Gasteiger partial charge on any atom is 0.418 e. The molecule has 2 aromatic rings. The van der Waals surface area contributed by atoms with E-state index in [9.17, 15) is 18.3 Å². The standard InChI is InChI=1S/C19H21F3O2/c1-2-3-4-13-24-17-11-9-15(10-12-17)14-5-7-16(8-6-14)18(23)19(20,21)22/h5-12,18,23H,2-4,13H2,1H3. The highest BCUT2D eigenvalue weighted by molar-refractivity contribution is 5.64. The summed E-state index contributed by atoms with van der Waals surface area (Å²) in [5, 5.41) is 9.23. The van der Waals surface area contributed by atoms with Gasteiger partial charge in [-0.3, -0.25) is 0 Å². The Hall–Kier alpha value is -2.01. The number of hydrogen-bond acceptors (Lipinski definition) is 2. The van der Waals surface area contributed by atoms with Crippen molar-refractivity contribution in [3.63, 3.8) is 0 Å². The molecule has 24 heavy (non-hydrogen) atoms. The average molecular weight is 338 g/mol. The number of alkyl halides is 3. The Morgan fingerprint density at radius 1 is 0.917 bits per heavy atom. The molecule has 0 amide bonds. The van der Waals surface area contributed by atoms with Crippen LogP contribution in [0.3, 0.4) is 0 Å². The number of benzene rings is 2. The monoisotopic (exact) mass is 338 g/mol. The van der Waals surface area contributed by atoms with Gasteiger partial charge < -0.3 is 9.84 Å². The van der Waals surface area contributed by atoms with E-state index in [1.165, 1.54) is 12.1 Å². The second-order valence-electron chi connectivity index (χ2n) is 5.65. The summed E-state index contributed by atoms with van der Waals surface area (Å²) < 4.78 is 43.1. The first-order chi connectivity index (χ1) is 11.4. The molecule has 0 spiro atoms. The van der Waals surface area contributed by atoms with Crippen LogP contribution in [-0.2, 0) is 0 Å². The molecule has 1 unspecified atom stereocenters. The van der Waals surface area contributed by atoms with Crippen LogP contribution in [0, 0.1) is 0 Å². The zero-order valence-corrected chi connectivity index (χ0v) is 13.5. The summed E-state index contributed by atoms with van der Waals surface area (Å²) in [6, 6.07) is 13.2. The number of halogens is 3. The number of rotatable bonds is 7. The minimum atomic E-state index is -4.65. The molecule has 2 nitrogen and oxygen atoms in total. The highest BCUT2D eigenvalue weighted by atomic mass is 19.4. The van der Waals surface area contributed by atoms with Crippen LogP contribution in [0.1, 0.15) is 37.9 Å².